The molecule has 0 unspecified atom stereocenters. The highest BCUT2D eigenvalue weighted by molar-refractivity contribution is 5.92. The summed E-state index contributed by atoms with van der Waals surface area (Å²) in [6.45, 7) is 5.45. The Balaban J connectivity index is 1.80. The number of carbonyl (C=O) groups excluding carboxylic acids is 1. The molecule has 0 bridgehead atoms. The van der Waals surface area contributed by atoms with Crippen molar-refractivity contribution >= 4 is 17.3 Å². The standard InChI is InChI=1S/C18H28N2O/c1-14(2)12-13-19-16-8-10-17(11-9-16)20-18(21)15-6-4-3-5-7-15/h8-11,14-15,19H,3-7,12-13H2,1-2H3,(H,20,21). The highest BCUT2D eigenvalue weighted by atomic mass is 16.1. The summed E-state index contributed by atoms with van der Waals surface area (Å²) in [5.41, 5.74) is 2.02. The largest absolute Gasteiger partial charge is 0.385 e. The van der Waals surface area contributed by atoms with E-state index in [2.05, 4.69) is 24.5 Å². The molecule has 1 aromatic carbocycles. The van der Waals surface area contributed by atoms with Crippen molar-refractivity contribution in [1.82, 2.24) is 0 Å². The number of hydrogen-bond acceptors (Lipinski definition) is 2. The van der Waals surface area contributed by atoms with E-state index >= 15 is 0 Å². The Labute approximate surface area is 128 Å². The molecule has 3 nitrogen and oxygen atoms in total. The molecule has 3 heteroatoms. The number of benzene rings is 1. The fourth-order valence-corrected chi connectivity index (χ4v) is 2.79. The van der Waals surface area contributed by atoms with Gasteiger partial charge in [-0.25, -0.2) is 0 Å². The molecule has 116 valence electrons. The second-order valence-electron chi connectivity index (χ2n) is 6.51. The maximum atomic E-state index is 12.2. The van der Waals surface area contributed by atoms with Crippen molar-refractivity contribution in [2.75, 3.05) is 17.2 Å². The minimum absolute atomic E-state index is 0.190. The number of rotatable bonds is 6. The maximum Gasteiger partial charge on any atom is 0.227 e. The van der Waals surface area contributed by atoms with Crippen LogP contribution in [0.3, 0.4) is 0 Å². The second kappa shape index (κ2) is 8.06. The number of amides is 1. The molecule has 21 heavy (non-hydrogen) atoms. The maximum absolute atomic E-state index is 12.2. The van der Waals surface area contributed by atoms with Crippen LogP contribution in [-0.4, -0.2) is 12.5 Å². The third-order valence-corrected chi connectivity index (χ3v) is 4.18. The zero-order valence-electron chi connectivity index (χ0n) is 13.3. The van der Waals surface area contributed by atoms with Gasteiger partial charge in [-0.15, -0.1) is 0 Å². The molecule has 1 amide bonds. The molecule has 0 heterocycles. The van der Waals surface area contributed by atoms with Crippen LogP contribution < -0.4 is 10.6 Å². The molecule has 1 fully saturated rings. The predicted molar refractivity (Wildman–Crippen MR) is 89.6 cm³/mol. The van der Waals surface area contributed by atoms with Crippen LogP contribution in [-0.2, 0) is 4.79 Å². The van der Waals surface area contributed by atoms with Crippen molar-refractivity contribution in [3.63, 3.8) is 0 Å². The summed E-state index contributed by atoms with van der Waals surface area (Å²) < 4.78 is 0. The van der Waals surface area contributed by atoms with Gasteiger partial charge in [0.1, 0.15) is 0 Å². The average Bonchev–Trinajstić information content (AvgIpc) is 2.49. The highest BCUT2D eigenvalue weighted by Gasteiger charge is 2.20. The first-order chi connectivity index (χ1) is 10.1. The van der Waals surface area contributed by atoms with Crippen LogP contribution in [0.15, 0.2) is 24.3 Å². The van der Waals surface area contributed by atoms with Gasteiger partial charge in [0.25, 0.3) is 0 Å². The van der Waals surface area contributed by atoms with Gasteiger partial charge >= 0.3 is 0 Å². The van der Waals surface area contributed by atoms with E-state index in [-0.39, 0.29) is 11.8 Å². The van der Waals surface area contributed by atoms with Crippen molar-refractivity contribution in [3.8, 4) is 0 Å². The molecule has 2 N–H and O–H groups in total. The van der Waals surface area contributed by atoms with E-state index in [1.807, 2.05) is 24.3 Å². The lowest BCUT2D eigenvalue weighted by atomic mass is 9.88. The van der Waals surface area contributed by atoms with Crippen LogP contribution >= 0.6 is 0 Å². The van der Waals surface area contributed by atoms with Crippen molar-refractivity contribution in [2.24, 2.45) is 11.8 Å². The third-order valence-electron chi connectivity index (χ3n) is 4.18. The van der Waals surface area contributed by atoms with Gasteiger partial charge in [-0.05, 0) is 49.4 Å². The van der Waals surface area contributed by atoms with Crippen molar-refractivity contribution in [2.45, 2.75) is 52.4 Å². The summed E-state index contributed by atoms with van der Waals surface area (Å²) in [5.74, 6) is 1.12. The van der Waals surface area contributed by atoms with Crippen LogP contribution in [0.1, 0.15) is 52.4 Å². The first-order valence-corrected chi connectivity index (χ1v) is 8.30. The molecule has 0 radical (unpaired) electrons. The predicted octanol–water partition coefficient (Wildman–Crippen LogP) is 4.66. The fraction of sp³-hybridized carbons (Fsp3) is 0.611. The molecule has 1 aliphatic carbocycles. The van der Waals surface area contributed by atoms with Crippen LogP contribution in [0, 0.1) is 11.8 Å². The van der Waals surface area contributed by atoms with Gasteiger partial charge in [0.05, 0.1) is 0 Å². The molecule has 0 spiro atoms. The van der Waals surface area contributed by atoms with Gasteiger partial charge in [0.2, 0.25) is 5.91 Å². The molecule has 1 aliphatic rings. The molecular formula is C18H28N2O. The monoisotopic (exact) mass is 288 g/mol. The fourth-order valence-electron chi connectivity index (χ4n) is 2.79. The molecule has 0 atom stereocenters. The van der Waals surface area contributed by atoms with E-state index in [0.29, 0.717) is 5.92 Å². The first-order valence-electron chi connectivity index (χ1n) is 8.30. The zero-order chi connectivity index (χ0) is 15.1. The Morgan fingerprint density at radius 2 is 1.71 bits per heavy atom. The van der Waals surface area contributed by atoms with Gasteiger partial charge in [-0.2, -0.15) is 0 Å². The lowest BCUT2D eigenvalue weighted by Gasteiger charge is -2.20. The zero-order valence-corrected chi connectivity index (χ0v) is 13.3. The lowest BCUT2D eigenvalue weighted by Crippen LogP contribution is -2.24. The molecule has 0 aromatic heterocycles. The molecule has 1 aromatic rings. The van der Waals surface area contributed by atoms with Gasteiger partial charge in [-0.3, -0.25) is 4.79 Å². The minimum atomic E-state index is 0.190. The molecule has 0 saturated heterocycles. The quantitative estimate of drug-likeness (QED) is 0.799. The second-order valence-corrected chi connectivity index (χ2v) is 6.51. The average molecular weight is 288 g/mol. The Bertz CT molecular complexity index is 433. The van der Waals surface area contributed by atoms with E-state index in [0.717, 1.165) is 30.8 Å². The van der Waals surface area contributed by atoms with Crippen LogP contribution in [0.5, 0.6) is 0 Å². The van der Waals surface area contributed by atoms with E-state index < -0.39 is 0 Å². The number of carbonyl (C=O) groups is 1. The van der Waals surface area contributed by atoms with Gasteiger partial charge in [-0.1, -0.05) is 33.1 Å². The lowest BCUT2D eigenvalue weighted by molar-refractivity contribution is -0.120. The smallest absolute Gasteiger partial charge is 0.227 e. The summed E-state index contributed by atoms with van der Waals surface area (Å²) >= 11 is 0. The van der Waals surface area contributed by atoms with Gasteiger partial charge in [0.15, 0.2) is 0 Å². The molecular weight excluding hydrogens is 260 g/mol. The van der Waals surface area contributed by atoms with Crippen LogP contribution in [0.4, 0.5) is 11.4 Å². The Morgan fingerprint density at radius 1 is 1.10 bits per heavy atom. The van der Waals surface area contributed by atoms with Crippen molar-refractivity contribution in [3.05, 3.63) is 24.3 Å². The number of nitrogens with one attached hydrogen (secondary N) is 2. The number of hydrogen-bond donors (Lipinski definition) is 2. The Kier molecular flexibility index (Phi) is 6.09. The summed E-state index contributed by atoms with van der Waals surface area (Å²) in [6.07, 6.45) is 6.91. The molecule has 1 saturated carbocycles. The third kappa shape index (κ3) is 5.41. The van der Waals surface area contributed by atoms with E-state index in [4.69, 9.17) is 0 Å². The normalized spacial score (nSPS) is 16.0. The SMILES string of the molecule is CC(C)CCNc1ccc(NC(=O)C2CCCCC2)cc1. The van der Waals surface area contributed by atoms with Crippen molar-refractivity contribution in [1.29, 1.82) is 0 Å². The first kappa shape index (κ1) is 15.9. The van der Waals surface area contributed by atoms with Gasteiger partial charge in [0, 0.05) is 23.8 Å². The minimum Gasteiger partial charge on any atom is -0.385 e. The van der Waals surface area contributed by atoms with E-state index in [9.17, 15) is 4.79 Å². The highest BCUT2D eigenvalue weighted by Crippen LogP contribution is 2.25. The summed E-state index contributed by atoms with van der Waals surface area (Å²) in [4.78, 5) is 12.2. The number of anilines is 2. The van der Waals surface area contributed by atoms with Gasteiger partial charge < -0.3 is 10.6 Å². The van der Waals surface area contributed by atoms with Crippen molar-refractivity contribution < 1.29 is 4.79 Å². The van der Waals surface area contributed by atoms with E-state index in [1.54, 1.807) is 0 Å². The molecule has 0 aliphatic heterocycles. The molecule has 2 rings (SSSR count). The van der Waals surface area contributed by atoms with Crippen LogP contribution in [0.25, 0.3) is 0 Å². The summed E-state index contributed by atoms with van der Waals surface area (Å²) in [6, 6.07) is 8.05. The van der Waals surface area contributed by atoms with E-state index in [1.165, 1.54) is 25.7 Å². The summed E-state index contributed by atoms with van der Waals surface area (Å²) in [7, 11) is 0. The Hall–Kier alpha value is -1.51. The topological polar surface area (TPSA) is 41.1 Å². The Morgan fingerprint density at radius 3 is 2.33 bits per heavy atom. The van der Waals surface area contributed by atoms with Crippen LogP contribution in [0.2, 0.25) is 0 Å². The summed E-state index contributed by atoms with van der Waals surface area (Å²) in [5, 5.41) is 6.45.